The van der Waals surface area contributed by atoms with E-state index in [4.69, 9.17) is 9.84 Å². The maximum Gasteiger partial charge on any atom is 0.411 e. The Labute approximate surface area is 181 Å². The molecule has 3 rings (SSSR count). The Morgan fingerprint density at radius 3 is 1.83 bits per heavy atom. The van der Waals surface area contributed by atoms with Gasteiger partial charge in [0.25, 0.3) is 0 Å². The Hall–Kier alpha value is -1.34. The first-order valence-electron chi connectivity index (χ1n) is 11.8. The molecule has 1 saturated heterocycles. The molecule has 0 bridgehead atoms. The lowest BCUT2D eigenvalue weighted by Crippen LogP contribution is -2.52. The molecule has 2 atom stereocenters. The monoisotopic (exact) mass is 426 g/mol. The van der Waals surface area contributed by atoms with Crippen molar-refractivity contribution in [3.63, 3.8) is 0 Å². The fourth-order valence-corrected chi connectivity index (χ4v) is 4.59. The Balaban J connectivity index is 0.000000220. The SMILES string of the molecule is C1CCC(NC2CCCCC2)CC1.CC(C)(C)OC(=O)N1CC[C@@H](O)C[C@@H]1C(=O)O. The number of aliphatic hydroxyl groups excluding tert-OH is 1. The van der Waals surface area contributed by atoms with Crippen molar-refractivity contribution in [1.82, 2.24) is 10.2 Å². The lowest BCUT2D eigenvalue weighted by molar-refractivity contribution is -0.146. The molecular formula is C23H42N2O5. The summed E-state index contributed by atoms with van der Waals surface area (Å²) in [6.07, 6.45) is 13.7. The summed E-state index contributed by atoms with van der Waals surface area (Å²) in [5, 5.41) is 22.3. The number of carbonyl (C=O) groups excluding carboxylic acids is 1. The fourth-order valence-electron chi connectivity index (χ4n) is 4.59. The number of piperidine rings is 1. The van der Waals surface area contributed by atoms with E-state index in [1.165, 1.54) is 69.1 Å². The number of aliphatic hydroxyl groups is 1. The number of rotatable bonds is 3. The molecule has 0 radical (unpaired) electrons. The highest BCUT2D eigenvalue weighted by Crippen LogP contribution is 2.23. The summed E-state index contributed by atoms with van der Waals surface area (Å²) in [6, 6.07) is 0.738. The largest absolute Gasteiger partial charge is 0.480 e. The number of nitrogens with zero attached hydrogens (tertiary/aromatic N) is 1. The maximum atomic E-state index is 11.8. The van der Waals surface area contributed by atoms with Crippen LogP contribution in [0.2, 0.25) is 0 Å². The highest BCUT2D eigenvalue weighted by molar-refractivity contribution is 5.80. The zero-order chi connectivity index (χ0) is 22.1. The summed E-state index contributed by atoms with van der Waals surface area (Å²) in [7, 11) is 0. The third-order valence-corrected chi connectivity index (χ3v) is 6.17. The minimum atomic E-state index is -1.12. The molecule has 0 aromatic carbocycles. The van der Waals surface area contributed by atoms with Crippen LogP contribution in [0.3, 0.4) is 0 Å². The second kappa shape index (κ2) is 11.9. The predicted molar refractivity (Wildman–Crippen MR) is 116 cm³/mol. The van der Waals surface area contributed by atoms with Gasteiger partial charge in [0.1, 0.15) is 11.6 Å². The third kappa shape index (κ3) is 8.80. The van der Waals surface area contributed by atoms with Gasteiger partial charge in [-0.05, 0) is 52.9 Å². The minimum Gasteiger partial charge on any atom is -0.480 e. The van der Waals surface area contributed by atoms with Crippen LogP contribution in [0.5, 0.6) is 0 Å². The number of likely N-dealkylation sites (tertiary alicyclic amines) is 1. The molecule has 1 aliphatic heterocycles. The second-order valence-corrected chi connectivity index (χ2v) is 10.0. The molecule has 3 fully saturated rings. The predicted octanol–water partition coefficient (Wildman–Crippen LogP) is 4.07. The first kappa shape index (κ1) is 24.9. The van der Waals surface area contributed by atoms with Crippen LogP contribution >= 0.6 is 0 Å². The van der Waals surface area contributed by atoms with Crippen LogP contribution in [0, 0.1) is 0 Å². The van der Waals surface area contributed by atoms with E-state index in [9.17, 15) is 14.7 Å². The van der Waals surface area contributed by atoms with Gasteiger partial charge in [-0.25, -0.2) is 9.59 Å². The number of ether oxygens (including phenoxy) is 1. The highest BCUT2D eigenvalue weighted by atomic mass is 16.6. The number of carboxylic acid groups (broad SMARTS) is 1. The van der Waals surface area contributed by atoms with Crippen LogP contribution in [-0.4, -0.2) is 63.6 Å². The van der Waals surface area contributed by atoms with E-state index in [2.05, 4.69) is 5.32 Å². The molecule has 1 amide bonds. The van der Waals surface area contributed by atoms with E-state index in [1.54, 1.807) is 20.8 Å². The Morgan fingerprint density at radius 1 is 0.900 bits per heavy atom. The van der Waals surface area contributed by atoms with Crippen LogP contribution in [0.4, 0.5) is 4.79 Å². The van der Waals surface area contributed by atoms with Gasteiger partial charge in [-0.15, -0.1) is 0 Å². The average Bonchev–Trinajstić information content (AvgIpc) is 2.68. The van der Waals surface area contributed by atoms with Crippen LogP contribution in [-0.2, 0) is 9.53 Å². The molecule has 7 heteroatoms. The van der Waals surface area contributed by atoms with Crippen molar-refractivity contribution in [2.24, 2.45) is 0 Å². The highest BCUT2D eigenvalue weighted by Gasteiger charge is 2.37. The summed E-state index contributed by atoms with van der Waals surface area (Å²) in [4.78, 5) is 24.0. The zero-order valence-corrected chi connectivity index (χ0v) is 19.1. The first-order valence-corrected chi connectivity index (χ1v) is 11.8. The molecule has 1 heterocycles. The van der Waals surface area contributed by atoms with E-state index >= 15 is 0 Å². The quantitative estimate of drug-likeness (QED) is 0.629. The van der Waals surface area contributed by atoms with Gasteiger partial charge in [0.2, 0.25) is 0 Å². The summed E-state index contributed by atoms with van der Waals surface area (Å²) < 4.78 is 5.13. The third-order valence-electron chi connectivity index (χ3n) is 6.17. The Kier molecular flexibility index (Phi) is 9.88. The van der Waals surface area contributed by atoms with Crippen LogP contribution < -0.4 is 5.32 Å². The van der Waals surface area contributed by atoms with E-state index < -0.39 is 29.8 Å². The number of amides is 1. The molecule has 30 heavy (non-hydrogen) atoms. The van der Waals surface area contributed by atoms with Gasteiger partial charge in [-0.3, -0.25) is 4.90 Å². The number of hydrogen-bond donors (Lipinski definition) is 3. The molecule has 174 valence electrons. The average molecular weight is 427 g/mol. The van der Waals surface area contributed by atoms with Crippen LogP contribution in [0.25, 0.3) is 0 Å². The molecule has 7 nitrogen and oxygen atoms in total. The second-order valence-electron chi connectivity index (χ2n) is 10.0. The number of nitrogens with one attached hydrogen (secondary N) is 1. The van der Waals surface area contributed by atoms with Crippen molar-refractivity contribution in [3.8, 4) is 0 Å². The smallest absolute Gasteiger partial charge is 0.411 e. The molecule has 2 saturated carbocycles. The van der Waals surface area contributed by atoms with Crippen molar-refractivity contribution in [3.05, 3.63) is 0 Å². The fraction of sp³-hybridized carbons (Fsp3) is 0.913. The zero-order valence-electron chi connectivity index (χ0n) is 19.1. The van der Waals surface area contributed by atoms with Crippen LogP contribution in [0.1, 0.15) is 97.8 Å². The van der Waals surface area contributed by atoms with Gasteiger partial charge in [0.15, 0.2) is 0 Å². The van der Waals surface area contributed by atoms with Crippen LogP contribution in [0.15, 0.2) is 0 Å². The van der Waals surface area contributed by atoms with E-state index in [-0.39, 0.29) is 13.0 Å². The first-order chi connectivity index (χ1) is 14.2. The molecule has 0 aromatic rings. The van der Waals surface area contributed by atoms with Crippen molar-refractivity contribution in [1.29, 1.82) is 0 Å². The maximum absolute atomic E-state index is 11.8. The van der Waals surface area contributed by atoms with Gasteiger partial charge in [0.05, 0.1) is 6.10 Å². The van der Waals surface area contributed by atoms with Gasteiger partial charge in [-0.2, -0.15) is 0 Å². The van der Waals surface area contributed by atoms with Crippen molar-refractivity contribution in [2.75, 3.05) is 6.54 Å². The number of carbonyl (C=O) groups is 2. The molecule has 3 N–H and O–H groups in total. The van der Waals surface area contributed by atoms with E-state index in [0.717, 1.165) is 12.1 Å². The Morgan fingerprint density at radius 2 is 1.40 bits per heavy atom. The van der Waals surface area contributed by atoms with E-state index in [0.29, 0.717) is 6.42 Å². The molecule has 2 aliphatic carbocycles. The van der Waals surface area contributed by atoms with Gasteiger partial charge in [0, 0.05) is 25.0 Å². The molecule has 3 aliphatic rings. The van der Waals surface area contributed by atoms with Gasteiger partial charge < -0.3 is 20.3 Å². The number of carboxylic acids is 1. The molecule has 0 unspecified atom stereocenters. The van der Waals surface area contributed by atoms with Crippen molar-refractivity contribution < 1.29 is 24.5 Å². The van der Waals surface area contributed by atoms with Gasteiger partial charge >= 0.3 is 12.1 Å². The van der Waals surface area contributed by atoms with E-state index in [1.807, 2.05) is 0 Å². The van der Waals surface area contributed by atoms with Gasteiger partial charge in [-0.1, -0.05) is 38.5 Å². The summed E-state index contributed by atoms with van der Waals surface area (Å²) in [5.74, 6) is -1.12. The molecular weight excluding hydrogens is 384 g/mol. The summed E-state index contributed by atoms with van der Waals surface area (Å²) in [5.41, 5.74) is -0.657. The van der Waals surface area contributed by atoms with Crippen molar-refractivity contribution >= 4 is 12.1 Å². The molecule has 0 spiro atoms. The standard InChI is InChI=1S/C12H23N.C11H19NO5/c1-3-7-11(8-4-1)13-12-9-5-2-6-10-12;1-11(2,3)17-10(16)12-5-4-7(13)6-8(12)9(14)15/h11-13H,1-10H2;7-8,13H,4-6H2,1-3H3,(H,14,15)/t;7-,8-/m.1/s1. The normalized spacial score (nSPS) is 26.5. The molecule has 0 aromatic heterocycles. The lowest BCUT2D eigenvalue weighted by atomic mass is 9.91. The Bertz CT molecular complexity index is 520. The topological polar surface area (TPSA) is 99.1 Å². The number of hydrogen-bond acceptors (Lipinski definition) is 5. The summed E-state index contributed by atoms with van der Waals surface area (Å²) in [6.45, 7) is 5.37. The lowest BCUT2D eigenvalue weighted by Gasteiger charge is -2.36. The number of aliphatic carboxylic acids is 1. The van der Waals surface area contributed by atoms with Crippen molar-refractivity contribution in [2.45, 2.75) is 128 Å². The minimum absolute atomic E-state index is 0.0502. The summed E-state index contributed by atoms with van der Waals surface area (Å²) >= 11 is 0.